The van der Waals surface area contributed by atoms with Gasteiger partial charge in [0.15, 0.2) is 0 Å². The molecule has 16 heavy (non-hydrogen) atoms. The highest BCUT2D eigenvalue weighted by Gasteiger charge is 2.16. The molecule has 0 saturated carbocycles. The Hall–Kier alpha value is -1.75. The van der Waals surface area contributed by atoms with Crippen molar-refractivity contribution in [2.75, 3.05) is 0 Å². The van der Waals surface area contributed by atoms with Gasteiger partial charge in [0.1, 0.15) is 12.0 Å². The van der Waals surface area contributed by atoms with Gasteiger partial charge in [0.25, 0.3) is 5.56 Å². The lowest BCUT2D eigenvalue weighted by molar-refractivity contribution is 0.0616. The van der Waals surface area contributed by atoms with Crippen LogP contribution in [0.4, 0.5) is 0 Å². The molecular formula is C11H13N3O2. The van der Waals surface area contributed by atoms with Gasteiger partial charge in [0.05, 0.1) is 12.1 Å². The van der Waals surface area contributed by atoms with Gasteiger partial charge in [0.2, 0.25) is 0 Å². The van der Waals surface area contributed by atoms with Crippen LogP contribution in [0.1, 0.15) is 13.8 Å². The maximum Gasteiger partial charge on any atom is 0.252 e. The van der Waals surface area contributed by atoms with E-state index in [0.717, 1.165) is 5.39 Å². The molecule has 0 fully saturated rings. The number of fused-ring (bicyclic) bond motifs is 1. The molecule has 2 aromatic heterocycles. The molecule has 84 valence electrons. The van der Waals surface area contributed by atoms with Gasteiger partial charge in [-0.3, -0.25) is 9.36 Å². The molecule has 0 aliphatic heterocycles. The van der Waals surface area contributed by atoms with Crippen LogP contribution in [0.3, 0.4) is 0 Å². The number of aliphatic hydroxyl groups is 1. The Morgan fingerprint density at radius 2 is 2.19 bits per heavy atom. The van der Waals surface area contributed by atoms with Crippen LogP contribution in [0.25, 0.3) is 11.0 Å². The zero-order valence-corrected chi connectivity index (χ0v) is 9.21. The monoisotopic (exact) mass is 219 g/mol. The van der Waals surface area contributed by atoms with Gasteiger partial charge in [-0.15, -0.1) is 0 Å². The Balaban J connectivity index is 2.66. The van der Waals surface area contributed by atoms with Crippen LogP contribution in [0.5, 0.6) is 0 Å². The van der Waals surface area contributed by atoms with E-state index in [2.05, 4.69) is 9.97 Å². The van der Waals surface area contributed by atoms with Crippen LogP contribution < -0.4 is 5.56 Å². The van der Waals surface area contributed by atoms with Gasteiger partial charge >= 0.3 is 0 Å². The summed E-state index contributed by atoms with van der Waals surface area (Å²) < 4.78 is 1.46. The fraction of sp³-hybridized carbons (Fsp3) is 0.364. The van der Waals surface area contributed by atoms with Gasteiger partial charge in [-0.1, -0.05) is 0 Å². The fourth-order valence-electron chi connectivity index (χ4n) is 1.57. The maximum atomic E-state index is 11.7. The molecule has 2 rings (SSSR count). The van der Waals surface area contributed by atoms with E-state index < -0.39 is 5.60 Å². The summed E-state index contributed by atoms with van der Waals surface area (Å²) in [4.78, 5) is 19.7. The van der Waals surface area contributed by atoms with Crippen LogP contribution in [0.2, 0.25) is 0 Å². The van der Waals surface area contributed by atoms with Gasteiger partial charge in [-0.2, -0.15) is 0 Å². The van der Waals surface area contributed by atoms with Crippen molar-refractivity contribution in [3.05, 3.63) is 35.0 Å². The Bertz CT molecular complexity index is 569. The van der Waals surface area contributed by atoms with Gasteiger partial charge in [-0.05, 0) is 19.9 Å². The second-order valence-corrected chi connectivity index (χ2v) is 4.37. The zero-order valence-electron chi connectivity index (χ0n) is 9.21. The number of pyridine rings is 1. The normalized spacial score (nSPS) is 11.9. The van der Waals surface area contributed by atoms with Crippen molar-refractivity contribution in [2.45, 2.75) is 26.0 Å². The highest BCUT2D eigenvalue weighted by molar-refractivity contribution is 5.73. The minimum absolute atomic E-state index is 0.173. The summed E-state index contributed by atoms with van der Waals surface area (Å²) >= 11 is 0. The topological polar surface area (TPSA) is 68.0 Å². The highest BCUT2D eigenvalue weighted by Crippen LogP contribution is 2.10. The minimum atomic E-state index is -0.955. The Kier molecular flexibility index (Phi) is 2.47. The smallest absolute Gasteiger partial charge is 0.252 e. The third-order valence-corrected chi connectivity index (χ3v) is 2.19. The first-order valence-corrected chi connectivity index (χ1v) is 4.99. The molecule has 0 bridgehead atoms. The largest absolute Gasteiger partial charge is 0.389 e. The average Bonchev–Trinajstić information content (AvgIpc) is 2.21. The lowest BCUT2D eigenvalue weighted by atomic mass is 10.1. The third-order valence-electron chi connectivity index (χ3n) is 2.19. The van der Waals surface area contributed by atoms with Gasteiger partial charge in [0, 0.05) is 17.6 Å². The van der Waals surface area contributed by atoms with Gasteiger partial charge in [-0.25, -0.2) is 9.97 Å². The summed E-state index contributed by atoms with van der Waals surface area (Å²) in [7, 11) is 0. The lowest BCUT2D eigenvalue weighted by Crippen LogP contribution is -2.32. The SMILES string of the molecule is CC(C)(O)Cn1c(=O)ccc2cncnc21. The van der Waals surface area contributed by atoms with Crippen LogP contribution in [0, 0.1) is 0 Å². The molecule has 2 heterocycles. The Morgan fingerprint density at radius 3 is 2.88 bits per heavy atom. The molecule has 0 aromatic carbocycles. The summed E-state index contributed by atoms with van der Waals surface area (Å²) in [6.07, 6.45) is 3.03. The second kappa shape index (κ2) is 3.68. The molecule has 1 N–H and O–H groups in total. The second-order valence-electron chi connectivity index (χ2n) is 4.37. The molecule has 0 radical (unpaired) electrons. The molecule has 0 aliphatic carbocycles. The van der Waals surface area contributed by atoms with E-state index in [-0.39, 0.29) is 12.1 Å². The number of hydrogen-bond acceptors (Lipinski definition) is 4. The highest BCUT2D eigenvalue weighted by atomic mass is 16.3. The average molecular weight is 219 g/mol. The van der Waals surface area contributed by atoms with Crippen LogP contribution in [0.15, 0.2) is 29.5 Å². The fourth-order valence-corrected chi connectivity index (χ4v) is 1.57. The molecule has 0 saturated heterocycles. The molecule has 0 unspecified atom stereocenters. The van der Waals surface area contributed by atoms with E-state index in [9.17, 15) is 9.90 Å². The standard InChI is InChI=1S/C11H13N3O2/c1-11(2,16)6-14-9(15)4-3-8-5-12-7-13-10(8)14/h3-5,7,16H,6H2,1-2H3. The number of aromatic nitrogens is 3. The number of hydrogen-bond donors (Lipinski definition) is 1. The van der Waals surface area contributed by atoms with Crippen molar-refractivity contribution >= 4 is 11.0 Å². The quantitative estimate of drug-likeness (QED) is 0.801. The summed E-state index contributed by atoms with van der Waals surface area (Å²) in [5, 5.41) is 10.5. The zero-order chi connectivity index (χ0) is 11.8. The molecular weight excluding hydrogens is 206 g/mol. The van der Waals surface area contributed by atoms with Crippen molar-refractivity contribution in [3.63, 3.8) is 0 Å². The van der Waals surface area contributed by atoms with Gasteiger partial charge < -0.3 is 5.11 Å². The van der Waals surface area contributed by atoms with E-state index in [1.54, 1.807) is 26.1 Å². The van der Waals surface area contributed by atoms with Crippen molar-refractivity contribution in [2.24, 2.45) is 0 Å². The van der Waals surface area contributed by atoms with Crippen LogP contribution >= 0.6 is 0 Å². The van der Waals surface area contributed by atoms with Crippen molar-refractivity contribution in [3.8, 4) is 0 Å². The lowest BCUT2D eigenvalue weighted by Gasteiger charge is -2.19. The molecule has 2 aromatic rings. The van der Waals surface area contributed by atoms with E-state index in [1.807, 2.05) is 0 Å². The van der Waals surface area contributed by atoms with Crippen LogP contribution in [-0.4, -0.2) is 25.2 Å². The van der Waals surface area contributed by atoms with Crippen LogP contribution in [-0.2, 0) is 6.54 Å². The molecule has 5 nitrogen and oxygen atoms in total. The maximum absolute atomic E-state index is 11.7. The number of rotatable bonds is 2. The van der Waals surface area contributed by atoms with E-state index >= 15 is 0 Å². The minimum Gasteiger partial charge on any atom is -0.389 e. The Morgan fingerprint density at radius 1 is 1.44 bits per heavy atom. The molecule has 0 amide bonds. The molecule has 0 aliphatic rings. The van der Waals surface area contributed by atoms with Crippen molar-refractivity contribution in [1.82, 2.24) is 14.5 Å². The summed E-state index contributed by atoms with van der Waals surface area (Å²) in [6, 6.07) is 3.13. The van der Waals surface area contributed by atoms with Crippen molar-refractivity contribution < 1.29 is 5.11 Å². The first-order valence-electron chi connectivity index (χ1n) is 4.99. The Labute approximate surface area is 92.4 Å². The van der Waals surface area contributed by atoms with E-state index in [4.69, 9.17) is 0 Å². The van der Waals surface area contributed by atoms with Crippen molar-refractivity contribution in [1.29, 1.82) is 0 Å². The molecule has 0 spiro atoms. The summed E-state index contributed by atoms with van der Waals surface area (Å²) in [5.74, 6) is 0. The molecule has 5 heteroatoms. The predicted octanol–water partition coefficient (Wildman–Crippen LogP) is 0.562. The molecule has 0 atom stereocenters. The summed E-state index contributed by atoms with van der Waals surface area (Å²) in [5.41, 5.74) is -0.582. The summed E-state index contributed by atoms with van der Waals surface area (Å²) in [6.45, 7) is 3.51. The first kappa shape index (κ1) is 10.8. The first-order chi connectivity index (χ1) is 7.47. The van der Waals surface area contributed by atoms with E-state index in [0.29, 0.717) is 5.65 Å². The number of nitrogens with zero attached hydrogens (tertiary/aromatic N) is 3. The third kappa shape index (κ3) is 2.09. The van der Waals surface area contributed by atoms with E-state index in [1.165, 1.54) is 17.0 Å². The predicted molar refractivity (Wildman–Crippen MR) is 60.1 cm³/mol.